The second kappa shape index (κ2) is 12.6. The molecule has 0 bridgehead atoms. The Morgan fingerprint density at radius 3 is 1.59 bits per heavy atom. The first kappa shape index (κ1) is 32.5. The van der Waals surface area contributed by atoms with Gasteiger partial charge in [-0.2, -0.15) is 0 Å². The largest absolute Gasteiger partial charge is 0.457 e. The van der Waals surface area contributed by atoms with Gasteiger partial charge in [0.05, 0.1) is 5.41 Å². The molecule has 2 aromatic heterocycles. The van der Waals surface area contributed by atoms with Crippen LogP contribution in [0.15, 0.2) is 194 Å². The molecule has 2 aliphatic rings. The van der Waals surface area contributed by atoms with Crippen molar-refractivity contribution < 1.29 is 4.74 Å². The number of rotatable bonds is 4. The molecule has 0 fully saturated rings. The molecule has 1 aliphatic carbocycles. The maximum atomic E-state index is 6.70. The van der Waals surface area contributed by atoms with E-state index in [4.69, 9.17) is 24.7 Å². The molecule has 10 aromatic rings. The third-order valence-electron chi connectivity index (χ3n) is 11.9. The monoisotopic (exact) mass is 740 g/mol. The van der Waals surface area contributed by atoms with Gasteiger partial charge in [0.15, 0.2) is 17.5 Å². The first-order valence-corrected chi connectivity index (χ1v) is 19.5. The van der Waals surface area contributed by atoms with Gasteiger partial charge in [-0.25, -0.2) is 15.0 Å². The first-order chi connectivity index (χ1) is 28.8. The van der Waals surface area contributed by atoms with Crippen LogP contribution in [0.3, 0.4) is 0 Å². The molecular formula is C53H32N4O. The molecule has 0 unspecified atom stereocenters. The highest BCUT2D eigenvalue weighted by molar-refractivity contribution is 6.06. The van der Waals surface area contributed by atoms with E-state index in [0.717, 1.165) is 88.7 Å². The van der Waals surface area contributed by atoms with Crippen molar-refractivity contribution in [2.24, 2.45) is 0 Å². The number of benzene rings is 8. The minimum absolute atomic E-state index is 0.608. The first-order valence-electron chi connectivity index (χ1n) is 19.5. The van der Waals surface area contributed by atoms with Crippen molar-refractivity contribution in [3.8, 4) is 67.9 Å². The van der Waals surface area contributed by atoms with Crippen molar-refractivity contribution in [3.05, 3.63) is 217 Å². The van der Waals surface area contributed by atoms with Gasteiger partial charge in [-0.1, -0.05) is 170 Å². The lowest BCUT2D eigenvalue weighted by Crippen LogP contribution is -2.32. The molecule has 8 aromatic carbocycles. The van der Waals surface area contributed by atoms with Gasteiger partial charge in [0.25, 0.3) is 0 Å². The Morgan fingerprint density at radius 1 is 0.345 bits per heavy atom. The Labute approximate surface area is 335 Å². The van der Waals surface area contributed by atoms with Gasteiger partial charge in [-0.3, -0.25) is 4.98 Å². The third-order valence-corrected chi connectivity index (χ3v) is 11.9. The third kappa shape index (κ3) is 4.64. The SMILES string of the molecule is c1ccc(-c2nc(-c3cccc4c3-c3c(-c5cncc6ccccc56)cccc3C43c4ccccc4Oc4ccccc43)nc(-c3cccc4ccccc34)n2)cc1. The van der Waals surface area contributed by atoms with Crippen LogP contribution in [-0.4, -0.2) is 19.9 Å². The quantitative estimate of drug-likeness (QED) is 0.180. The standard InChI is InChI=1S/C53H32N4O/c1-2-16-34(17-3-1)50-55-51(39-23-12-19-33-15-4-6-20-36(33)39)57-52(56-50)40-24-14-28-45-49(40)48-38(41-32-54-31-35-18-5-7-21-37(35)41)22-13-27-44(48)53(45)42-25-8-10-29-46(42)58-47-30-11-9-26-43(47)53/h1-32H. The molecule has 5 nitrogen and oxygen atoms in total. The van der Waals surface area contributed by atoms with Crippen molar-refractivity contribution in [1.29, 1.82) is 0 Å². The van der Waals surface area contributed by atoms with Gasteiger partial charge in [-0.05, 0) is 56.1 Å². The molecule has 0 saturated heterocycles. The van der Waals surface area contributed by atoms with Gasteiger partial charge in [0.1, 0.15) is 11.5 Å². The van der Waals surface area contributed by atoms with Crippen LogP contribution in [0.25, 0.3) is 78.0 Å². The summed E-state index contributed by atoms with van der Waals surface area (Å²) in [6, 6.07) is 63.7. The predicted octanol–water partition coefficient (Wildman–Crippen LogP) is 12.7. The lowest BCUT2D eigenvalue weighted by atomic mass is 9.66. The van der Waals surface area contributed by atoms with E-state index in [1.165, 1.54) is 5.56 Å². The summed E-state index contributed by atoms with van der Waals surface area (Å²) in [7, 11) is 0. The van der Waals surface area contributed by atoms with Crippen LogP contribution in [0.1, 0.15) is 22.3 Å². The lowest BCUT2D eigenvalue weighted by molar-refractivity contribution is 0.436. The summed E-state index contributed by atoms with van der Waals surface area (Å²) in [6.07, 6.45) is 3.95. The van der Waals surface area contributed by atoms with E-state index in [9.17, 15) is 0 Å². The molecule has 3 heterocycles. The summed E-state index contributed by atoms with van der Waals surface area (Å²) >= 11 is 0. The maximum Gasteiger partial charge on any atom is 0.164 e. The number of hydrogen-bond acceptors (Lipinski definition) is 5. The Morgan fingerprint density at radius 2 is 0.845 bits per heavy atom. The van der Waals surface area contributed by atoms with Gasteiger partial charge in [0.2, 0.25) is 0 Å². The minimum Gasteiger partial charge on any atom is -0.457 e. The Bertz CT molecular complexity index is 3230. The number of aromatic nitrogens is 4. The Kier molecular flexibility index (Phi) is 7.07. The minimum atomic E-state index is -0.701. The van der Waals surface area contributed by atoms with Gasteiger partial charge in [0, 0.05) is 51.2 Å². The van der Waals surface area contributed by atoms with E-state index in [-0.39, 0.29) is 0 Å². The highest BCUT2D eigenvalue weighted by Crippen LogP contribution is 2.64. The van der Waals surface area contributed by atoms with Gasteiger partial charge in [-0.15, -0.1) is 0 Å². The summed E-state index contributed by atoms with van der Waals surface area (Å²) in [4.78, 5) is 20.7. The van der Waals surface area contributed by atoms with E-state index in [1.54, 1.807) is 0 Å². The van der Waals surface area contributed by atoms with E-state index >= 15 is 0 Å². The smallest absolute Gasteiger partial charge is 0.164 e. The van der Waals surface area contributed by atoms with Crippen molar-refractivity contribution in [1.82, 2.24) is 19.9 Å². The molecular weight excluding hydrogens is 709 g/mol. The average Bonchev–Trinajstić information content (AvgIpc) is 3.60. The van der Waals surface area contributed by atoms with Crippen LogP contribution < -0.4 is 4.74 Å². The highest BCUT2D eigenvalue weighted by Gasteiger charge is 2.52. The van der Waals surface area contributed by atoms with Crippen LogP contribution in [0.5, 0.6) is 11.5 Å². The molecule has 5 heteroatoms. The van der Waals surface area contributed by atoms with E-state index in [1.807, 2.05) is 30.6 Å². The van der Waals surface area contributed by atoms with Crippen LogP contribution in [-0.2, 0) is 5.41 Å². The van der Waals surface area contributed by atoms with Gasteiger partial charge < -0.3 is 4.74 Å². The normalized spacial score (nSPS) is 13.1. The zero-order valence-electron chi connectivity index (χ0n) is 31.2. The second-order valence-corrected chi connectivity index (χ2v) is 14.9. The highest BCUT2D eigenvalue weighted by atomic mass is 16.5. The molecule has 0 amide bonds. The summed E-state index contributed by atoms with van der Waals surface area (Å²) < 4.78 is 6.70. The topological polar surface area (TPSA) is 60.8 Å². The Hall–Kier alpha value is -7.76. The molecule has 12 rings (SSSR count). The molecule has 0 radical (unpaired) electrons. The average molecular weight is 741 g/mol. The van der Waals surface area contributed by atoms with Crippen LogP contribution in [0.2, 0.25) is 0 Å². The number of pyridine rings is 1. The fraction of sp³-hybridized carbons (Fsp3) is 0.0189. The Balaban J connectivity index is 1.23. The fourth-order valence-corrected chi connectivity index (χ4v) is 9.48. The number of nitrogens with zero attached hydrogens (tertiary/aromatic N) is 4. The van der Waals surface area contributed by atoms with Gasteiger partial charge >= 0.3 is 0 Å². The summed E-state index contributed by atoms with van der Waals surface area (Å²) in [5, 5.41) is 4.45. The lowest BCUT2D eigenvalue weighted by Gasteiger charge is -2.39. The van der Waals surface area contributed by atoms with Crippen LogP contribution in [0.4, 0.5) is 0 Å². The number of hydrogen-bond donors (Lipinski definition) is 0. The summed E-state index contributed by atoms with van der Waals surface area (Å²) in [6.45, 7) is 0. The van der Waals surface area contributed by atoms with Crippen LogP contribution in [0, 0.1) is 0 Å². The number of para-hydroxylation sites is 2. The second-order valence-electron chi connectivity index (χ2n) is 14.9. The number of fused-ring (bicyclic) bond motifs is 11. The van der Waals surface area contributed by atoms with Crippen molar-refractivity contribution in [2.45, 2.75) is 5.41 Å². The molecule has 1 spiro atoms. The van der Waals surface area contributed by atoms with E-state index in [0.29, 0.717) is 17.5 Å². The fourth-order valence-electron chi connectivity index (χ4n) is 9.48. The molecule has 270 valence electrons. The summed E-state index contributed by atoms with van der Waals surface area (Å²) in [5.74, 6) is 3.53. The van der Waals surface area contributed by atoms with E-state index in [2.05, 4.69) is 164 Å². The molecule has 1 aliphatic heterocycles. The zero-order valence-corrected chi connectivity index (χ0v) is 31.2. The molecule has 58 heavy (non-hydrogen) atoms. The molecule has 0 N–H and O–H groups in total. The maximum absolute atomic E-state index is 6.70. The molecule has 0 atom stereocenters. The van der Waals surface area contributed by atoms with Crippen molar-refractivity contribution in [2.75, 3.05) is 0 Å². The van der Waals surface area contributed by atoms with Crippen molar-refractivity contribution >= 4 is 21.5 Å². The van der Waals surface area contributed by atoms with Crippen LogP contribution >= 0.6 is 0 Å². The number of ether oxygens (including phenoxy) is 1. The predicted molar refractivity (Wildman–Crippen MR) is 232 cm³/mol. The molecule has 0 saturated carbocycles. The van der Waals surface area contributed by atoms with E-state index < -0.39 is 5.41 Å². The van der Waals surface area contributed by atoms with Crippen molar-refractivity contribution in [3.63, 3.8) is 0 Å². The summed E-state index contributed by atoms with van der Waals surface area (Å²) in [5.41, 5.74) is 11.0. The zero-order chi connectivity index (χ0) is 38.2.